The highest BCUT2D eigenvalue weighted by atomic mass is 35.5. The second-order valence-electron chi connectivity index (χ2n) is 1.04. The Morgan fingerprint density at radius 3 is 2.75 bits per heavy atom. The third-order valence-electron chi connectivity index (χ3n) is 0.449. The van der Waals surface area contributed by atoms with Crippen LogP contribution in [0.15, 0.2) is 0 Å². The number of halogens is 2. The first-order valence-electron chi connectivity index (χ1n) is 2.08. The van der Waals surface area contributed by atoms with Gasteiger partial charge in [-0.3, -0.25) is 0 Å². The second kappa shape index (κ2) is 4.84. The topological polar surface area (TPSA) is 26.3 Å². The molecule has 48 valence electrons. The summed E-state index contributed by atoms with van der Waals surface area (Å²) in [7, 11) is 0. The van der Waals surface area contributed by atoms with Gasteiger partial charge in [-0.15, -0.1) is 11.6 Å². The molecule has 0 aliphatic rings. The summed E-state index contributed by atoms with van der Waals surface area (Å²) in [4.78, 5) is 9.91. The maximum atomic E-state index is 11.2. The van der Waals surface area contributed by atoms with Gasteiger partial charge in [-0.05, 0) is 0 Å². The van der Waals surface area contributed by atoms with Crippen molar-refractivity contribution in [2.75, 3.05) is 19.2 Å². The van der Waals surface area contributed by atoms with E-state index in [0.29, 0.717) is 0 Å². The molecule has 0 spiro atoms. The number of carbonyl (C=O) groups excluding carboxylic acids is 1. The predicted octanol–water partition coefficient (Wildman–Crippen LogP) is 0.738. The van der Waals surface area contributed by atoms with E-state index in [1.54, 1.807) is 0 Å². The maximum absolute atomic E-state index is 11.2. The highest BCUT2D eigenvalue weighted by Crippen LogP contribution is 1.81. The van der Waals surface area contributed by atoms with E-state index >= 15 is 0 Å². The van der Waals surface area contributed by atoms with Gasteiger partial charge in [0.25, 0.3) is 0 Å². The van der Waals surface area contributed by atoms with E-state index in [9.17, 15) is 9.18 Å². The van der Waals surface area contributed by atoms with Gasteiger partial charge in [-0.25, -0.2) is 9.18 Å². The first kappa shape index (κ1) is 7.69. The van der Waals surface area contributed by atoms with Crippen molar-refractivity contribution in [2.24, 2.45) is 0 Å². The molecule has 0 rings (SSSR count). The molecule has 0 fully saturated rings. The number of carbonyl (C=O) groups is 1. The van der Waals surface area contributed by atoms with Crippen LogP contribution in [0.25, 0.3) is 0 Å². The third-order valence-corrected chi connectivity index (χ3v) is 0.604. The van der Waals surface area contributed by atoms with Crippen LogP contribution in [-0.4, -0.2) is 25.1 Å². The van der Waals surface area contributed by atoms with Crippen molar-refractivity contribution >= 4 is 17.6 Å². The average molecular weight is 141 g/mol. The zero-order valence-corrected chi connectivity index (χ0v) is 4.95. The Morgan fingerprint density at radius 2 is 2.38 bits per heavy atom. The van der Waals surface area contributed by atoms with Crippen molar-refractivity contribution in [1.82, 2.24) is 0 Å². The molecule has 2 nitrogen and oxygen atoms in total. The molecule has 0 unspecified atom stereocenters. The fourth-order valence-corrected chi connectivity index (χ4v) is 0.268. The Labute approximate surface area is 51.6 Å². The largest absolute Gasteiger partial charge is 0.462 e. The maximum Gasteiger partial charge on any atom is 0.337 e. The van der Waals surface area contributed by atoms with Gasteiger partial charge in [0.05, 0.1) is 5.88 Å². The molecular formula is C4H6ClFO2. The SMILES string of the molecule is O=C(CF)OCCCl. The molecule has 0 N–H and O–H groups in total. The Hall–Kier alpha value is -0.310. The van der Waals surface area contributed by atoms with Crippen molar-refractivity contribution in [3.05, 3.63) is 0 Å². The molecule has 0 bridgehead atoms. The third kappa shape index (κ3) is 3.87. The molecule has 0 heterocycles. The number of rotatable bonds is 3. The average Bonchev–Trinajstić information content (AvgIpc) is 1.83. The molecule has 0 aromatic heterocycles. The van der Waals surface area contributed by atoms with Gasteiger partial charge in [0.15, 0.2) is 6.67 Å². The lowest BCUT2D eigenvalue weighted by atomic mass is 10.7. The van der Waals surface area contributed by atoms with Crippen LogP contribution in [-0.2, 0) is 9.53 Å². The van der Waals surface area contributed by atoms with E-state index in [0.717, 1.165) is 0 Å². The molecule has 0 radical (unpaired) electrons. The van der Waals surface area contributed by atoms with Crippen LogP contribution in [0.4, 0.5) is 4.39 Å². The lowest BCUT2D eigenvalue weighted by Gasteiger charge is -1.94. The summed E-state index contributed by atoms with van der Waals surface area (Å²) in [6.07, 6.45) is 0. The first-order chi connectivity index (χ1) is 3.81. The number of hydrogen-bond acceptors (Lipinski definition) is 2. The van der Waals surface area contributed by atoms with E-state index in [4.69, 9.17) is 11.6 Å². The highest BCUT2D eigenvalue weighted by Gasteiger charge is 1.97. The number of esters is 1. The van der Waals surface area contributed by atoms with E-state index < -0.39 is 12.6 Å². The fourth-order valence-electron chi connectivity index (χ4n) is 0.191. The molecule has 0 aliphatic carbocycles. The van der Waals surface area contributed by atoms with Gasteiger partial charge in [0.1, 0.15) is 6.61 Å². The van der Waals surface area contributed by atoms with Gasteiger partial charge in [0, 0.05) is 0 Å². The summed E-state index contributed by atoms with van der Waals surface area (Å²) >= 11 is 5.10. The van der Waals surface area contributed by atoms with Crippen molar-refractivity contribution in [1.29, 1.82) is 0 Å². The van der Waals surface area contributed by atoms with Crippen LogP contribution in [0.2, 0.25) is 0 Å². The summed E-state index contributed by atoms with van der Waals surface area (Å²) in [6.45, 7) is -0.985. The van der Waals surface area contributed by atoms with Crippen LogP contribution in [0.5, 0.6) is 0 Å². The van der Waals surface area contributed by atoms with Crippen molar-refractivity contribution in [3.63, 3.8) is 0 Å². The van der Waals surface area contributed by atoms with Gasteiger partial charge in [0.2, 0.25) is 0 Å². The van der Waals surface area contributed by atoms with E-state index in [-0.39, 0.29) is 12.5 Å². The number of ether oxygens (including phenoxy) is 1. The van der Waals surface area contributed by atoms with Crippen LogP contribution in [0.3, 0.4) is 0 Å². The van der Waals surface area contributed by atoms with Gasteiger partial charge >= 0.3 is 5.97 Å². The monoisotopic (exact) mass is 140 g/mol. The summed E-state index contributed by atoms with van der Waals surface area (Å²) < 4.78 is 15.4. The molecule has 0 saturated carbocycles. The zero-order chi connectivity index (χ0) is 6.41. The molecule has 4 heteroatoms. The van der Waals surface area contributed by atoms with E-state index in [1.807, 2.05) is 0 Å². The van der Waals surface area contributed by atoms with Crippen molar-refractivity contribution in [2.45, 2.75) is 0 Å². The van der Waals surface area contributed by atoms with Crippen LogP contribution in [0, 0.1) is 0 Å². The fraction of sp³-hybridized carbons (Fsp3) is 0.750. The minimum absolute atomic E-state index is 0.0876. The Balaban J connectivity index is 2.99. The lowest BCUT2D eigenvalue weighted by molar-refractivity contribution is -0.143. The standard InChI is InChI=1S/C4H6ClFO2/c5-1-2-8-4(7)3-6/h1-3H2. The molecular weight excluding hydrogens is 134 g/mol. The van der Waals surface area contributed by atoms with Crippen LogP contribution < -0.4 is 0 Å². The Morgan fingerprint density at radius 1 is 1.75 bits per heavy atom. The highest BCUT2D eigenvalue weighted by molar-refractivity contribution is 6.18. The summed E-state index contributed by atoms with van der Waals surface area (Å²) in [5.74, 6) is -0.642. The summed E-state index contributed by atoms with van der Waals surface area (Å²) in [5.41, 5.74) is 0. The Bertz CT molecular complexity index is 76.4. The van der Waals surface area contributed by atoms with Crippen LogP contribution in [0.1, 0.15) is 0 Å². The van der Waals surface area contributed by atoms with Gasteiger partial charge in [-0.1, -0.05) is 0 Å². The lowest BCUT2D eigenvalue weighted by Crippen LogP contribution is -2.07. The number of alkyl halides is 2. The predicted molar refractivity (Wildman–Crippen MR) is 27.7 cm³/mol. The molecule has 0 saturated heterocycles. The van der Waals surface area contributed by atoms with Gasteiger partial charge < -0.3 is 4.74 Å². The van der Waals surface area contributed by atoms with Crippen LogP contribution >= 0.6 is 11.6 Å². The van der Waals surface area contributed by atoms with Gasteiger partial charge in [-0.2, -0.15) is 0 Å². The molecule has 8 heavy (non-hydrogen) atoms. The summed E-state index contributed by atoms with van der Waals surface area (Å²) in [6, 6.07) is 0. The minimum Gasteiger partial charge on any atom is -0.462 e. The number of hydrogen-bond donors (Lipinski definition) is 0. The minimum atomic E-state index is -1.07. The molecule has 0 amide bonds. The second-order valence-corrected chi connectivity index (χ2v) is 1.42. The van der Waals surface area contributed by atoms with E-state index in [2.05, 4.69) is 4.74 Å². The quantitative estimate of drug-likeness (QED) is 0.427. The van der Waals surface area contributed by atoms with E-state index in [1.165, 1.54) is 0 Å². The van der Waals surface area contributed by atoms with Crippen molar-refractivity contribution in [3.8, 4) is 0 Å². The summed E-state index contributed by atoms with van der Waals surface area (Å²) in [5, 5.41) is 0. The zero-order valence-electron chi connectivity index (χ0n) is 4.19. The molecule has 0 aromatic carbocycles. The molecule has 0 aliphatic heterocycles. The first-order valence-corrected chi connectivity index (χ1v) is 2.62. The smallest absolute Gasteiger partial charge is 0.337 e. The molecule has 0 atom stereocenters. The Kier molecular flexibility index (Phi) is 4.65. The normalized spacial score (nSPS) is 8.75. The van der Waals surface area contributed by atoms with Crippen molar-refractivity contribution < 1.29 is 13.9 Å². The molecule has 0 aromatic rings.